The standard InChI is InChI=1S/C20H15O3S/c1-22-20(21)14-8-2-5-11-17(14)24-18-12-6-3-9-15(18)23-16-10-4-7-13-19(16)24/h2-13H,1H3/q+1. The maximum absolute atomic E-state index is 12.3. The first-order valence-electron chi connectivity index (χ1n) is 7.57. The van der Waals surface area contributed by atoms with E-state index >= 15 is 0 Å². The van der Waals surface area contributed by atoms with Crippen LogP contribution >= 0.6 is 0 Å². The summed E-state index contributed by atoms with van der Waals surface area (Å²) in [7, 11) is 0.993. The van der Waals surface area contributed by atoms with Gasteiger partial charge in [0, 0.05) is 0 Å². The molecule has 0 saturated carbocycles. The fourth-order valence-electron chi connectivity index (χ4n) is 2.80. The van der Waals surface area contributed by atoms with Crippen molar-refractivity contribution in [3.05, 3.63) is 78.4 Å². The Labute approximate surface area is 143 Å². The second kappa shape index (κ2) is 6.06. The summed E-state index contributed by atoms with van der Waals surface area (Å²) in [5.74, 6) is 1.35. The Bertz CT molecular complexity index is 875. The van der Waals surface area contributed by atoms with E-state index in [-0.39, 0.29) is 5.97 Å². The van der Waals surface area contributed by atoms with Gasteiger partial charge in [-0.25, -0.2) is 4.79 Å². The lowest BCUT2D eigenvalue weighted by atomic mass is 10.2. The summed E-state index contributed by atoms with van der Waals surface area (Å²) in [6, 6.07) is 23.6. The summed E-state index contributed by atoms with van der Waals surface area (Å²) in [6.07, 6.45) is 0. The monoisotopic (exact) mass is 335 g/mol. The number of methoxy groups -OCH3 is 1. The minimum atomic E-state index is -0.417. The van der Waals surface area contributed by atoms with Crippen LogP contribution in [0.3, 0.4) is 0 Å². The first-order chi connectivity index (χ1) is 11.8. The van der Waals surface area contributed by atoms with Gasteiger partial charge < -0.3 is 9.47 Å². The summed E-state index contributed by atoms with van der Waals surface area (Å²) in [5, 5.41) is 0. The number of ether oxygens (including phenoxy) is 2. The molecule has 0 spiro atoms. The SMILES string of the molecule is COC(=O)c1ccccc1[S+]1c2ccccc2Oc2ccccc21. The number of para-hydroxylation sites is 2. The van der Waals surface area contributed by atoms with E-state index in [2.05, 4.69) is 12.1 Å². The van der Waals surface area contributed by atoms with Crippen LogP contribution in [0.25, 0.3) is 0 Å². The second-order valence-electron chi connectivity index (χ2n) is 5.29. The number of fused-ring (bicyclic) bond motifs is 2. The third kappa shape index (κ3) is 2.36. The van der Waals surface area contributed by atoms with Crippen LogP contribution in [0.5, 0.6) is 11.5 Å². The van der Waals surface area contributed by atoms with Crippen molar-refractivity contribution in [2.75, 3.05) is 7.11 Å². The fraction of sp³-hybridized carbons (Fsp3) is 0.0500. The van der Waals surface area contributed by atoms with Crippen LogP contribution in [0.1, 0.15) is 10.4 Å². The molecule has 1 aliphatic rings. The molecular formula is C20H15O3S+. The highest BCUT2D eigenvalue weighted by Gasteiger charge is 2.41. The Hall–Kier alpha value is -2.72. The zero-order valence-electron chi connectivity index (χ0n) is 13.1. The van der Waals surface area contributed by atoms with Gasteiger partial charge in [-0.05, 0) is 36.4 Å². The number of hydrogen-bond donors (Lipinski definition) is 0. The summed E-state index contributed by atoms with van der Waals surface area (Å²) in [4.78, 5) is 15.4. The molecule has 3 aromatic rings. The van der Waals surface area contributed by atoms with Gasteiger partial charge in [0.05, 0.1) is 7.11 Å². The lowest BCUT2D eigenvalue weighted by Gasteiger charge is -2.20. The van der Waals surface area contributed by atoms with Crippen LogP contribution in [0.4, 0.5) is 0 Å². The number of carbonyl (C=O) groups is 1. The van der Waals surface area contributed by atoms with Crippen LogP contribution in [0, 0.1) is 0 Å². The summed E-state index contributed by atoms with van der Waals surface area (Å²) in [6.45, 7) is 0. The van der Waals surface area contributed by atoms with E-state index < -0.39 is 10.9 Å². The highest BCUT2D eigenvalue weighted by atomic mass is 32.2. The molecule has 0 atom stereocenters. The molecule has 0 amide bonds. The van der Waals surface area contributed by atoms with Crippen LogP contribution in [-0.2, 0) is 15.6 Å². The van der Waals surface area contributed by atoms with Crippen LogP contribution < -0.4 is 4.74 Å². The molecule has 0 aliphatic carbocycles. The van der Waals surface area contributed by atoms with Gasteiger partial charge in [-0.2, -0.15) is 0 Å². The number of carbonyl (C=O) groups excluding carboxylic acids is 1. The normalized spacial score (nSPS) is 12.7. The first kappa shape index (κ1) is 14.8. The predicted molar refractivity (Wildman–Crippen MR) is 92.9 cm³/mol. The Kier molecular flexibility index (Phi) is 3.75. The lowest BCUT2D eigenvalue weighted by Crippen LogP contribution is -2.16. The summed E-state index contributed by atoms with van der Waals surface area (Å²) in [5.41, 5.74) is 0.592. The molecule has 4 rings (SSSR count). The van der Waals surface area contributed by atoms with E-state index in [1.54, 1.807) is 0 Å². The van der Waals surface area contributed by atoms with Crippen LogP contribution in [0.2, 0.25) is 0 Å². The number of esters is 1. The highest BCUT2D eigenvalue weighted by molar-refractivity contribution is 7.97. The van der Waals surface area contributed by atoms with Crippen molar-refractivity contribution >= 4 is 16.9 Å². The lowest BCUT2D eigenvalue weighted by molar-refractivity contribution is 0.0596. The van der Waals surface area contributed by atoms with Crippen molar-refractivity contribution in [2.24, 2.45) is 0 Å². The van der Waals surface area contributed by atoms with Crippen LogP contribution in [0.15, 0.2) is 87.5 Å². The average Bonchev–Trinajstić information content (AvgIpc) is 2.65. The van der Waals surface area contributed by atoms with Gasteiger partial charge in [-0.1, -0.05) is 36.4 Å². The molecule has 0 saturated heterocycles. The molecule has 0 bridgehead atoms. The van der Waals surface area contributed by atoms with E-state index in [0.29, 0.717) is 5.56 Å². The summed E-state index contributed by atoms with van der Waals surface area (Å²) >= 11 is 0. The molecule has 0 fully saturated rings. The number of rotatable bonds is 2. The maximum Gasteiger partial charge on any atom is 0.343 e. The fourth-order valence-corrected chi connectivity index (χ4v) is 5.15. The Morgan fingerprint density at radius 1 is 0.792 bits per heavy atom. The minimum absolute atomic E-state index is 0.320. The van der Waals surface area contributed by atoms with E-state index in [4.69, 9.17) is 9.47 Å². The Morgan fingerprint density at radius 2 is 1.29 bits per heavy atom. The van der Waals surface area contributed by atoms with Crippen molar-refractivity contribution in [3.8, 4) is 11.5 Å². The number of hydrogen-bond acceptors (Lipinski definition) is 3. The van der Waals surface area contributed by atoms with Crippen molar-refractivity contribution < 1.29 is 14.3 Å². The van der Waals surface area contributed by atoms with Crippen molar-refractivity contribution in [1.29, 1.82) is 0 Å². The predicted octanol–water partition coefficient (Wildman–Crippen LogP) is 4.67. The third-order valence-corrected chi connectivity index (χ3v) is 6.22. The van der Waals surface area contributed by atoms with Gasteiger partial charge in [-0.3, -0.25) is 0 Å². The molecule has 0 radical (unpaired) electrons. The Morgan fingerprint density at radius 3 is 1.88 bits per heavy atom. The first-order valence-corrected chi connectivity index (χ1v) is 8.79. The number of benzene rings is 3. The minimum Gasteiger partial charge on any atom is -0.465 e. The largest absolute Gasteiger partial charge is 0.465 e. The van der Waals surface area contributed by atoms with E-state index in [9.17, 15) is 4.79 Å². The van der Waals surface area contributed by atoms with Gasteiger partial charge in [0.25, 0.3) is 0 Å². The molecular weight excluding hydrogens is 320 g/mol. The van der Waals surface area contributed by atoms with Gasteiger partial charge >= 0.3 is 5.97 Å². The van der Waals surface area contributed by atoms with Gasteiger partial charge in [0.2, 0.25) is 9.79 Å². The topological polar surface area (TPSA) is 35.5 Å². The zero-order chi connectivity index (χ0) is 16.5. The van der Waals surface area contributed by atoms with Crippen molar-refractivity contribution in [2.45, 2.75) is 14.7 Å². The van der Waals surface area contributed by atoms with Crippen molar-refractivity contribution in [1.82, 2.24) is 0 Å². The maximum atomic E-state index is 12.3. The zero-order valence-corrected chi connectivity index (χ0v) is 13.9. The van der Waals surface area contributed by atoms with Crippen LogP contribution in [-0.4, -0.2) is 13.1 Å². The summed E-state index contributed by atoms with van der Waals surface area (Å²) < 4.78 is 11.0. The van der Waals surface area contributed by atoms with E-state index in [0.717, 1.165) is 26.2 Å². The average molecular weight is 335 g/mol. The third-order valence-electron chi connectivity index (χ3n) is 3.87. The second-order valence-corrected chi connectivity index (χ2v) is 7.22. The van der Waals surface area contributed by atoms with Crippen molar-refractivity contribution in [3.63, 3.8) is 0 Å². The molecule has 3 aromatic carbocycles. The van der Waals surface area contributed by atoms with E-state index in [1.165, 1.54) is 7.11 Å². The molecule has 0 aromatic heterocycles. The quantitative estimate of drug-likeness (QED) is 0.394. The highest BCUT2D eigenvalue weighted by Crippen LogP contribution is 2.47. The molecule has 4 heteroatoms. The molecule has 118 valence electrons. The molecule has 24 heavy (non-hydrogen) atoms. The molecule has 0 unspecified atom stereocenters. The van der Waals surface area contributed by atoms with E-state index in [1.807, 2.05) is 60.7 Å². The smallest absolute Gasteiger partial charge is 0.343 e. The molecule has 3 nitrogen and oxygen atoms in total. The molecule has 0 N–H and O–H groups in total. The van der Waals surface area contributed by atoms with Gasteiger partial charge in [0.15, 0.2) is 16.4 Å². The van der Waals surface area contributed by atoms with Gasteiger partial charge in [0.1, 0.15) is 16.5 Å². The Balaban J connectivity index is 1.98. The molecule has 1 aliphatic heterocycles. The molecule has 1 heterocycles. The van der Waals surface area contributed by atoms with Gasteiger partial charge in [-0.15, -0.1) is 0 Å².